The summed E-state index contributed by atoms with van der Waals surface area (Å²) in [6, 6.07) is 35.2. The van der Waals surface area contributed by atoms with E-state index >= 15 is 19.2 Å². The summed E-state index contributed by atoms with van der Waals surface area (Å²) in [5.74, 6) is 1.93. The molecule has 7 unspecified atom stereocenters. The van der Waals surface area contributed by atoms with Crippen molar-refractivity contribution in [2.45, 2.75) is 56.1 Å². The number of morpholine rings is 1. The standard InChI is InChI=1S/C56H57N5O9/c1-6-29-57-51(63)45-48-53(65)70-49(40-23-14-9-15-24-40)47(39-21-12-8-13-22-39)61(48)50(41-25-16-26-42(34-41)69-32-31-62)56(45)43-33-37(20-17-30-59(4)35-38-18-10-7-11-19-38)27-28-44(43)60(54(56)66)55(67)58-46(36(2)3)52(64)68-5/h6-16,18-19,21-28,33-34,36,45-50,62H,1,29-32,35H2,2-5H3,(H,57,63)(H,58,67). The van der Waals surface area contributed by atoms with Crippen LogP contribution in [0.15, 0.2) is 146 Å². The van der Waals surface area contributed by atoms with E-state index in [0.717, 1.165) is 16.0 Å². The molecule has 0 bridgehead atoms. The number of aliphatic hydroxyl groups excluding tert-OH is 1. The summed E-state index contributed by atoms with van der Waals surface area (Å²) >= 11 is 0. The van der Waals surface area contributed by atoms with Crippen LogP contribution in [-0.2, 0) is 40.6 Å². The van der Waals surface area contributed by atoms with Gasteiger partial charge in [-0.3, -0.25) is 24.2 Å². The molecule has 4 amide bonds. The zero-order chi connectivity index (χ0) is 49.5. The van der Waals surface area contributed by atoms with Crippen LogP contribution in [0.2, 0.25) is 0 Å². The van der Waals surface area contributed by atoms with Gasteiger partial charge >= 0.3 is 18.0 Å². The van der Waals surface area contributed by atoms with Crippen molar-refractivity contribution in [2.75, 3.05) is 45.4 Å². The quantitative estimate of drug-likeness (QED) is 0.0603. The predicted molar refractivity (Wildman–Crippen MR) is 263 cm³/mol. The van der Waals surface area contributed by atoms with Crippen LogP contribution in [0.25, 0.3) is 0 Å². The van der Waals surface area contributed by atoms with Gasteiger partial charge in [0.05, 0.1) is 44.0 Å². The molecule has 14 heteroatoms. The van der Waals surface area contributed by atoms with Gasteiger partial charge in [0.15, 0.2) is 0 Å². The molecule has 0 radical (unpaired) electrons. The van der Waals surface area contributed by atoms with E-state index in [2.05, 4.69) is 34.0 Å². The molecular weight excluding hydrogens is 887 g/mol. The van der Waals surface area contributed by atoms with E-state index in [4.69, 9.17) is 14.2 Å². The second-order valence-corrected chi connectivity index (χ2v) is 18.0. The summed E-state index contributed by atoms with van der Waals surface area (Å²) in [6.45, 7) is 8.00. The third kappa shape index (κ3) is 9.31. The van der Waals surface area contributed by atoms with Gasteiger partial charge < -0.3 is 30.0 Å². The van der Waals surface area contributed by atoms with Crippen LogP contribution in [0.4, 0.5) is 10.5 Å². The monoisotopic (exact) mass is 943 g/mol. The minimum atomic E-state index is -2.09. The molecule has 5 aromatic rings. The lowest BCUT2D eigenvalue weighted by Crippen LogP contribution is -2.57. The maximum atomic E-state index is 16.5. The summed E-state index contributed by atoms with van der Waals surface area (Å²) in [4.78, 5) is 80.5. The normalized spacial score (nSPS) is 21.8. The molecule has 2 saturated heterocycles. The minimum absolute atomic E-state index is 0.0143. The number of amides is 4. The van der Waals surface area contributed by atoms with Crippen LogP contribution < -0.4 is 20.3 Å². The molecule has 3 aliphatic heterocycles. The number of carbonyl (C=O) groups excluding carboxylic acids is 5. The molecule has 8 rings (SSSR count). The highest BCUT2D eigenvalue weighted by molar-refractivity contribution is 6.25. The number of anilines is 1. The first-order valence-corrected chi connectivity index (χ1v) is 23.3. The molecular formula is C56H57N5O9. The number of nitrogens with zero attached hydrogens (tertiary/aromatic N) is 3. The van der Waals surface area contributed by atoms with Crippen LogP contribution >= 0.6 is 0 Å². The fourth-order valence-electron chi connectivity index (χ4n) is 10.3. The topological polar surface area (TPSA) is 167 Å². The molecule has 70 heavy (non-hydrogen) atoms. The molecule has 0 aliphatic carbocycles. The van der Waals surface area contributed by atoms with E-state index in [-0.39, 0.29) is 31.0 Å². The van der Waals surface area contributed by atoms with Crippen LogP contribution in [0.3, 0.4) is 0 Å². The van der Waals surface area contributed by atoms with Crippen molar-refractivity contribution < 1.29 is 43.3 Å². The van der Waals surface area contributed by atoms with Crippen LogP contribution in [0, 0.1) is 23.7 Å². The number of aliphatic hydroxyl groups is 1. The Labute approximate surface area is 408 Å². The molecule has 3 heterocycles. The summed E-state index contributed by atoms with van der Waals surface area (Å²) in [5, 5.41) is 15.5. The summed E-state index contributed by atoms with van der Waals surface area (Å²) in [5.41, 5.74) is 1.77. The van der Waals surface area contributed by atoms with Crippen molar-refractivity contribution in [3.05, 3.63) is 179 Å². The predicted octanol–water partition coefficient (Wildman–Crippen LogP) is 6.42. The number of cyclic esters (lactones) is 1. The van der Waals surface area contributed by atoms with Gasteiger partial charge in [0.2, 0.25) is 11.8 Å². The van der Waals surface area contributed by atoms with E-state index in [1.54, 1.807) is 56.3 Å². The third-order valence-corrected chi connectivity index (χ3v) is 13.2. The molecule has 3 N–H and O–H groups in total. The molecule has 3 aliphatic rings. The molecule has 0 saturated carbocycles. The zero-order valence-electron chi connectivity index (χ0n) is 39.6. The molecule has 2 fully saturated rings. The number of rotatable bonds is 15. The number of imide groups is 1. The van der Waals surface area contributed by atoms with E-state index in [0.29, 0.717) is 35.5 Å². The lowest BCUT2D eigenvalue weighted by molar-refractivity contribution is -0.178. The SMILES string of the molecule is C=CCNC(=O)C1C2C(=O)OC(c3ccccc3)C(c3ccccc3)N2C(c2cccc(OCCO)c2)C12C(=O)N(C(=O)NC(C(=O)OC)C(C)C)c1ccc(C#CCN(C)Cc3ccccc3)cc12. The first-order chi connectivity index (χ1) is 33.9. The summed E-state index contributed by atoms with van der Waals surface area (Å²) in [7, 11) is 3.18. The van der Waals surface area contributed by atoms with E-state index in [9.17, 15) is 9.90 Å². The number of hydrogen-bond donors (Lipinski definition) is 3. The Balaban J connectivity index is 1.41. The van der Waals surface area contributed by atoms with Gasteiger partial charge in [0, 0.05) is 18.7 Å². The number of nitrogens with one attached hydrogen (secondary N) is 2. The molecule has 360 valence electrons. The molecule has 7 atom stereocenters. The van der Waals surface area contributed by atoms with Gasteiger partial charge in [-0.25, -0.2) is 14.5 Å². The number of hydrogen-bond acceptors (Lipinski definition) is 11. The van der Waals surface area contributed by atoms with Crippen molar-refractivity contribution in [1.82, 2.24) is 20.4 Å². The maximum Gasteiger partial charge on any atom is 0.329 e. The van der Waals surface area contributed by atoms with Gasteiger partial charge in [-0.1, -0.05) is 135 Å². The van der Waals surface area contributed by atoms with Crippen molar-refractivity contribution in [3.63, 3.8) is 0 Å². The molecule has 1 spiro atoms. The number of esters is 2. The highest BCUT2D eigenvalue weighted by Crippen LogP contribution is 2.66. The van der Waals surface area contributed by atoms with Crippen molar-refractivity contribution in [2.24, 2.45) is 11.8 Å². The van der Waals surface area contributed by atoms with Crippen LogP contribution in [-0.4, -0.2) is 97.2 Å². The first-order valence-electron chi connectivity index (χ1n) is 23.3. The van der Waals surface area contributed by atoms with E-state index < -0.39 is 77.3 Å². The van der Waals surface area contributed by atoms with Crippen molar-refractivity contribution in [1.29, 1.82) is 0 Å². The van der Waals surface area contributed by atoms with E-state index in [1.807, 2.05) is 103 Å². The Morgan fingerprint density at radius 2 is 1.56 bits per heavy atom. The number of fused-ring (bicyclic) bond motifs is 3. The van der Waals surface area contributed by atoms with Gasteiger partial charge in [-0.05, 0) is 71.1 Å². The highest BCUT2D eigenvalue weighted by atomic mass is 16.6. The van der Waals surface area contributed by atoms with Crippen LogP contribution in [0.5, 0.6) is 5.75 Å². The molecule has 0 aromatic heterocycles. The molecule has 5 aromatic carbocycles. The lowest BCUT2D eigenvalue weighted by atomic mass is 9.65. The van der Waals surface area contributed by atoms with Gasteiger partial charge in [0.1, 0.15) is 36.0 Å². The summed E-state index contributed by atoms with van der Waals surface area (Å²) < 4.78 is 17.6. The Bertz CT molecular complexity index is 2800. The smallest absolute Gasteiger partial charge is 0.329 e. The number of carbonyl (C=O) groups is 5. The second-order valence-electron chi connectivity index (χ2n) is 18.0. The minimum Gasteiger partial charge on any atom is -0.491 e. The number of methoxy groups -OCH3 is 1. The van der Waals surface area contributed by atoms with Crippen molar-refractivity contribution >= 4 is 35.5 Å². The third-order valence-electron chi connectivity index (χ3n) is 13.2. The van der Waals surface area contributed by atoms with Gasteiger partial charge in [-0.2, -0.15) is 0 Å². The molecule has 14 nitrogen and oxygen atoms in total. The van der Waals surface area contributed by atoms with Gasteiger partial charge in [0.25, 0.3) is 0 Å². The van der Waals surface area contributed by atoms with Crippen LogP contribution in [0.1, 0.15) is 65.4 Å². The second kappa shape index (κ2) is 21.4. The summed E-state index contributed by atoms with van der Waals surface area (Å²) in [6.07, 6.45) is 0.558. The zero-order valence-corrected chi connectivity index (χ0v) is 39.6. The Kier molecular flexibility index (Phi) is 14.9. The van der Waals surface area contributed by atoms with E-state index in [1.165, 1.54) is 13.2 Å². The average Bonchev–Trinajstić information content (AvgIpc) is 3.83. The largest absolute Gasteiger partial charge is 0.491 e. The number of benzene rings is 5. The fourth-order valence-corrected chi connectivity index (χ4v) is 10.3. The number of ether oxygens (including phenoxy) is 3. The average molecular weight is 944 g/mol. The van der Waals surface area contributed by atoms with Crippen molar-refractivity contribution in [3.8, 4) is 17.6 Å². The first kappa shape index (κ1) is 48.9. The Morgan fingerprint density at radius 1 is 0.886 bits per heavy atom. The fraction of sp³-hybridized carbons (Fsp3) is 0.304. The lowest BCUT2D eigenvalue weighted by Gasteiger charge is -2.46. The van der Waals surface area contributed by atoms with Gasteiger partial charge in [-0.15, -0.1) is 6.58 Å². The Hall–Kier alpha value is -7.57. The Morgan fingerprint density at radius 3 is 2.21 bits per heavy atom. The highest BCUT2D eigenvalue weighted by Gasteiger charge is 2.75. The number of urea groups is 1. The maximum absolute atomic E-state index is 16.5.